The summed E-state index contributed by atoms with van der Waals surface area (Å²) in [5, 5.41) is 6.69. The molecule has 0 aliphatic carbocycles. The van der Waals surface area contributed by atoms with Gasteiger partial charge in [0.2, 0.25) is 0 Å². The van der Waals surface area contributed by atoms with Gasteiger partial charge in [0.15, 0.2) is 0 Å². The van der Waals surface area contributed by atoms with Crippen LogP contribution in [0.25, 0.3) is 43.1 Å². The number of amides is 4. The predicted molar refractivity (Wildman–Crippen MR) is 181 cm³/mol. The maximum atomic E-state index is 14.0. The van der Waals surface area contributed by atoms with Gasteiger partial charge in [-0.2, -0.15) is 0 Å². The van der Waals surface area contributed by atoms with E-state index in [0.717, 1.165) is 45.4 Å². The first-order chi connectivity index (χ1) is 21.6. The topological polar surface area (TPSA) is 83.6 Å². The molecule has 46 heavy (non-hydrogen) atoms. The summed E-state index contributed by atoms with van der Waals surface area (Å²) in [5.74, 6) is -1.08. The van der Waals surface area contributed by atoms with Gasteiger partial charge in [-0.3, -0.25) is 29.0 Å². The highest BCUT2D eigenvalue weighted by Crippen LogP contribution is 2.46. The fourth-order valence-electron chi connectivity index (χ4n) is 8.54. The number of rotatable bonds is 8. The summed E-state index contributed by atoms with van der Waals surface area (Å²) in [5.41, 5.74) is 1.60. The third kappa shape index (κ3) is 4.42. The van der Waals surface area contributed by atoms with E-state index in [1.165, 1.54) is 19.6 Å². The monoisotopic (exact) mass is 618 g/mol. The molecule has 236 valence electrons. The number of carbonyl (C=O) groups is 4. The first-order valence-corrected chi connectivity index (χ1v) is 16.1. The van der Waals surface area contributed by atoms with E-state index in [9.17, 15) is 19.2 Å². The highest BCUT2D eigenvalue weighted by molar-refractivity contribution is 6.41. The number of imide groups is 2. The van der Waals surface area contributed by atoms with Gasteiger partial charge in [-0.25, -0.2) is 0 Å². The average molecular weight is 619 g/mol. The number of hydrogen-bond acceptors (Lipinski definition) is 4. The van der Waals surface area contributed by atoms with Crippen LogP contribution in [0.5, 0.6) is 0 Å². The zero-order valence-corrected chi connectivity index (χ0v) is 28.0. The summed E-state index contributed by atoms with van der Waals surface area (Å²) in [4.78, 5) is 61.2. The van der Waals surface area contributed by atoms with Crippen LogP contribution in [0.1, 0.15) is 69.1 Å². The summed E-state index contributed by atoms with van der Waals surface area (Å²) in [6.45, 7) is 10.6. The van der Waals surface area contributed by atoms with Crippen molar-refractivity contribution in [3.8, 4) is 0 Å². The first kappa shape index (κ1) is 30.3. The summed E-state index contributed by atoms with van der Waals surface area (Å²) in [6.07, 6.45) is 0. The molecule has 0 radical (unpaired) electrons. The van der Waals surface area contributed by atoms with E-state index in [1.807, 2.05) is 48.5 Å². The van der Waals surface area contributed by atoms with Crippen LogP contribution < -0.4 is 9.80 Å². The smallest absolute Gasteiger partial charge is 0.261 e. The molecule has 0 spiro atoms. The van der Waals surface area contributed by atoms with Crippen LogP contribution in [0, 0.1) is 10.8 Å². The Labute approximate surface area is 268 Å². The van der Waals surface area contributed by atoms with Gasteiger partial charge in [-0.05, 0) is 56.6 Å². The van der Waals surface area contributed by atoms with Gasteiger partial charge in [-0.15, -0.1) is 0 Å². The van der Waals surface area contributed by atoms with E-state index in [0.29, 0.717) is 46.1 Å². The number of nitrogens with zero attached hydrogens (tertiary/aromatic N) is 2. The molecular weight excluding hydrogens is 576 g/mol. The third-order valence-electron chi connectivity index (χ3n) is 9.64. The van der Waals surface area contributed by atoms with Crippen molar-refractivity contribution < 1.29 is 29.0 Å². The van der Waals surface area contributed by atoms with Crippen molar-refractivity contribution in [3.63, 3.8) is 0 Å². The summed E-state index contributed by atoms with van der Waals surface area (Å²) < 4.78 is 0. The lowest BCUT2D eigenvalue weighted by Crippen LogP contribution is -3.07. The molecule has 0 saturated carbocycles. The number of hydrogen-bond donors (Lipinski definition) is 2. The Morgan fingerprint density at radius 3 is 0.957 bits per heavy atom. The Balaban J connectivity index is 1.41. The molecule has 0 atom stereocenters. The Bertz CT molecular complexity index is 1890. The van der Waals surface area contributed by atoms with Crippen LogP contribution in [-0.2, 0) is 0 Å². The number of benzene rings is 5. The Hall–Kier alpha value is -4.40. The maximum Gasteiger partial charge on any atom is 0.261 e. The summed E-state index contributed by atoms with van der Waals surface area (Å²) in [7, 11) is 8.29. The van der Waals surface area contributed by atoms with E-state index >= 15 is 0 Å². The average Bonchev–Trinajstić information content (AvgIpc) is 2.96. The van der Waals surface area contributed by atoms with Crippen LogP contribution in [0.2, 0.25) is 0 Å². The normalized spacial score (nSPS) is 15.8. The summed E-state index contributed by atoms with van der Waals surface area (Å²) >= 11 is 0. The molecule has 2 aliphatic rings. The van der Waals surface area contributed by atoms with Crippen LogP contribution >= 0.6 is 0 Å². The quantitative estimate of drug-likeness (QED) is 0.159. The van der Waals surface area contributed by atoms with Crippen LogP contribution in [-0.4, -0.2) is 87.8 Å². The maximum absolute atomic E-state index is 14.0. The first-order valence-electron chi connectivity index (χ1n) is 16.1. The van der Waals surface area contributed by atoms with Crippen LogP contribution in [0.3, 0.4) is 0 Å². The van der Waals surface area contributed by atoms with E-state index in [1.54, 1.807) is 0 Å². The number of quaternary nitrogens is 2. The van der Waals surface area contributed by atoms with Crippen molar-refractivity contribution in [3.05, 3.63) is 70.8 Å². The lowest BCUT2D eigenvalue weighted by molar-refractivity contribution is -0.865. The van der Waals surface area contributed by atoms with Crippen LogP contribution in [0.4, 0.5) is 0 Å². The molecule has 8 heteroatoms. The molecule has 0 aromatic heterocycles. The lowest BCUT2D eigenvalue weighted by atomic mass is 9.81. The second-order valence-corrected chi connectivity index (χ2v) is 15.6. The molecular formula is C38H42N4O4+2. The SMILES string of the molecule is C[NH+](C)CC(C)(C)CN1C(=O)c2ccc3c4ccc5c6c(ccc(c7ccc(c2c37)C1=O)c64)C(=O)N(CC(C)(C)C[NH+](C)C)C5=O. The minimum absolute atomic E-state index is 0.255. The van der Waals surface area contributed by atoms with Crippen molar-refractivity contribution in [2.24, 2.45) is 10.8 Å². The van der Waals surface area contributed by atoms with Gasteiger partial charge < -0.3 is 9.80 Å². The van der Waals surface area contributed by atoms with Crippen molar-refractivity contribution in [2.45, 2.75) is 27.7 Å². The number of fused-ring (bicyclic) bond motifs is 2. The van der Waals surface area contributed by atoms with Gasteiger partial charge in [0.25, 0.3) is 23.6 Å². The highest BCUT2D eigenvalue weighted by atomic mass is 16.2. The van der Waals surface area contributed by atoms with Crippen molar-refractivity contribution in [1.82, 2.24) is 9.80 Å². The molecule has 4 amide bonds. The molecule has 0 saturated heterocycles. The third-order valence-corrected chi connectivity index (χ3v) is 9.64. The fourth-order valence-corrected chi connectivity index (χ4v) is 8.54. The molecule has 2 heterocycles. The molecule has 0 fully saturated rings. The molecule has 5 aromatic carbocycles. The second kappa shape index (κ2) is 10.0. The van der Waals surface area contributed by atoms with Gasteiger partial charge in [0, 0.05) is 56.9 Å². The Morgan fingerprint density at radius 1 is 0.457 bits per heavy atom. The van der Waals surface area contributed by atoms with Crippen molar-refractivity contribution in [2.75, 3.05) is 54.4 Å². The summed E-state index contributed by atoms with van der Waals surface area (Å²) in [6, 6.07) is 15.2. The van der Waals surface area contributed by atoms with E-state index < -0.39 is 0 Å². The Morgan fingerprint density at radius 2 is 0.717 bits per heavy atom. The predicted octanol–water partition coefficient (Wildman–Crippen LogP) is 3.27. The highest BCUT2D eigenvalue weighted by Gasteiger charge is 2.40. The molecule has 0 bridgehead atoms. The molecule has 2 N–H and O–H groups in total. The molecule has 5 aromatic rings. The van der Waals surface area contributed by atoms with E-state index in [4.69, 9.17) is 0 Å². The zero-order valence-electron chi connectivity index (χ0n) is 28.0. The van der Waals surface area contributed by atoms with Gasteiger partial charge in [-0.1, -0.05) is 52.0 Å². The van der Waals surface area contributed by atoms with Crippen LogP contribution in [0.15, 0.2) is 48.5 Å². The molecule has 7 rings (SSSR count). The van der Waals surface area contributed by atoms with Gasteiger partial charge in [0.05, 0.1) is 41.3 Å². The largest absolute Gasteiger partial charge is 0.339 e. The molecule has 2 aliphatic heterocycles. The van der Waals surface area contributed by atoms with Gasteiger partial charge in [0.1, 0.15) is 0 Å². The van der Waals surface area contributed by atoms with Gasteiger partial charge >= 0.3 is 0 Å². The number of nitrogens with one attached hydrogen (secondary N) is 2. The zero-order chi connectivity index (χ0) is 33.0. The number of carbonyl (C=O) groups excluding carboxylic acids is 4. The fraction of sp³-hybridized carbons (Fsp3) is 0.368. The van der Waals surface area contributed by atoms with Crippen molar-refractivity contribution >= 4 is 66.7 Å². The minimum Gasteiger partial charge on any atom is -0.339 e. The Kier molecular flexibility index (Phi) is 6.61. The van der Waals surface area contributed by atoms with E-state index in [-0.39, 0.29) is 34.5 Å². The van der Waals surface area contributed by atoms with Crippen molar-refractivity contribution in [1.29, 1.82) is 0 Å². The molecule has 0 unspecified atom stereocenters. The minimum atomic E-state index is -0.269. The van der Waals surface area contributed by atoms with E-state index in [2.05, 4.69) is 55.9 Å². The molecule has 8 nitrogen and oxygen atoms in total. The standard InChI is InChI=1S/C38H40N4O4/c1-37(2,17-39(5)6)19-41-33(43)25-13-9-21-23-11-15-27-32-28(36(46)42(35(27)45)20-38(3,4)18-40(7)8)16-12-24(30(23)32)22-10-14-26(34(41)44)31(25)29(21)22/h9-16H,17-20H2,1-8H3/p+2. The lowest BCUT2D eigenvalue weighted by Gasteiger charge is -2.35. The second-order valence-electron chi connectivity index (χ2n) is 15.6.